The molecule has 1 aliphatic carbocycles. The Kier molecular flexibility index (Phi) is 8.38. The van der Waals surface area contributed by atoms with Crippen molar-refractivity contribution in [3.8, 4) is 0 Å². The van der Waals surface area contributed by atoms with E-state index in [1.807, 2.05) is 0 Å². The third kappa shape index (κ3) is 7.03. The molecule has 2 rings (SSSR count). The van der Waals surface area contributed by atoms with E-state index < -0.39 is 18.0 Å². The lowest BCUT2D eigenvalue weighted by molar-refractivity contribution is -0.153. The van der Waals surface area contributed by atoms with Crippen LogP contribution in [0.3, 0.4) is 0 Å². The van der Waals surface area contributed by atoms with E-state index >= 15 is 0 Å². The highest BCUT2D eigenvalue weighted by Crippen LogP contribution is 2.23. The number of hydrogen-bond donors (Lipinski definition) is 2. The molecular formula is C19H24Cl2N2O4. The third-order valence-corrected chi connectivity index (χ3v) is 5.08. The Hall–Kier alpha value is -1.79. The number of benzene rings is 1. The van der Waals surface area contributed by atoms with E-state index in [2.05, 4.69) is 10.6 Å². The molecule has 0 radical (unpaired) electrons. The van der Waals surface area contributed by atoms with Crippen molar-refractivity contribution in [1.29, 1.82) is 0 Å². The Morgan fingerprint density at radius 3 is 2.52 bits per heavy atom. The first-order valence-corrected chi connectivity index (χ1v) is 9.83. The first kappa shape index (κ1) is 21.5. The maximum atomic E-state index is 12.1. The zero-order chi connectivity index (χ0) is 19.8. The monoisotopic (exact) mass is 414 g/mol. The second-order valence-corrected chi connectivity index (χ2v) is 7.53. The largest absolute Gasteiger partial charge is 0.451 e. The van der Waals surface area contributed by atoms with Gasteiger partial charge in [0, 0.05) is 11.6 Å². The number of carbonyl (C=O) groups is 3. The summed E-state index contributed by atoms with van der Waals surface area (Å²) in [7, 11) is 0. The van der Waals surface area contributed by atoms with E-state index in [1.165, 1.54) is 44.4 Å². The van der Waals surface area contributed by atoms with Crippen LogP contribution in [0.1, 0.15) is 49.4 Å². The van der Waals surface area contributed by atoms with Gasteiger partial charge in [0.1, 0.15) is 6.54 Å². The fourth-order valence-electron chi connectivity index (χ4n) is 2.99. The molecule has 0 bridgehead atoms. The van der Waals surface area contributed by atoms with E-state index in [4.69, 9.17) is 27.9 Å². The van der Waals surface area contributed by atoms with Crippen molar-refractivity contribution in [2.24, 2.45) is 5.92 Å². The molecule has 1 aromatic rings. The smallest absolute Gasteiger partial charge is 0.326 e. The normalized spacial score (nSPS) is 15.7. The van der Waals surface area contributed by atoms with Gasteiger partial charge in [-0.1, -0.05) is 42.5 Å². The molecule has 1 aliphatic rings. The Bertz CT molecular complexity index is 690. The molecular weight excluding hydrogens is 391 g/mol. The number of carbonyl (C=O) groups excluding carboxylic acids is 3. The first-order valence-electron chi connectivity index (χ1n) is 9.07. The van der Waals surface area contributed by atoms with Crippen LogP contribution in [0, 0.1) is 5.92 Å². The van der Waals surface area contributed by atoms with Gasteiger partial charge in [0.2, 0.25) is 0 Å². The minimum absolute atomic E-state index is 0.184. The summed E-state index contributed by atoms with van der Waals surface area (Å²) < 4.78 is 5.07. The van der Waals surface area contributed by atoms with Gasteiger partial charge < -0.3 is 15.4 Å². The molecule has 2 N–H and O–H groups in total. The lowest BCUT2D eigenvalue weighted by Crippen LogP contribution is -2.40. The van der Waals surface area contributed by atoms with Gasteiger partial charge in [-0.25, -0.2) is 0 Å². The highest BCUT2D eigenvalue weighted by Gasteiger charge is 2.20. The van der Waals surface area contributed by atoms with Crippen LogP contribution in [-0.4, -0.2) is 37.0 Å². The second-order valence-electron chi connectivity index (χ2n) is 6.69. The van der Waals surface area contributed by atoms with Crippen LogP contribution in [0.2, 0.25) is 10.0 Å². The van der Waals surface area contributed by atoms with Crippen LogP contribution in [0.25, 0.3) is 0 Å². The predicted molar refractivity (Wildman–Crippen MR) is 104 cm³/mol. The lowest BCUT2D eigenvalue weighted by Gasteiger charge is -2.22. The van der Waals surface area contributed by atoms with Gasteiger partial charge in [-0.05, 0) is 43.9 Å². The van der Waals surface area contributed by atoms with E-state index in [0.717, 1.165) is 12.8 Å². The van der Waals surface area contributed by atoms with Crippen molar-refractivity contribution in [1.82, 2.24) is 10.6 Å². The molecule has 0 unspecified atom stereocenters. The number of esters is 1. The van der Waals surface area contributed by atoms with Crippen LogP contribution in [0.5, 0.6) is 0 Å². The van der Waals surface area contributed by atoms with Crippen LogP contribution in [-0.2, 0) is 14.3 Å². The predicted octanol–water partition coefficient (Wildman–Crippen LogP) is 3.35. The van der Waals surface area contributed by atoms with Crippen molar-refractivity contribution >= 4 is 41.0 Å². The van der Waals surface area contributed by atoms with Crippen molar-refractivity contribution in [2.75, 3.05) is 13.1 Å². The van der Waals surface area contributed by atoms with Gasteiger partial charge in [-0.2, -0.15) is 0 Å². The Morgan fingerprint density at radius 1 is 1.15 bits per heavy atom. The van der Waals surface area contributed by atoms with E-state index in [9.17, 15) is 14.4 Å². The highest BCUT2D eigenvalue weighted by molar-refractivity contribution is 6.36. The fourth-order valence-corrected chi connectivity index (χ4v) is 3.49. The lowest BCUT2D eigenvalue weighted by atomic mass is 9.89. The molecule has 1 saturated carbocycles. The molecule has 8 heteroatoms. The number of amides is 2. The van der Waals surface area contributed by atoms with Crippen LogP contribution in [0.15, 0.2) is 18.2 Å². The number of hydrogen-bond acceptors (Lipinski definition) is 4. The van der Waals surface area contributed by atoms with Crippen LogP contribution in [0.4, 0.5) is 0 Å². The van der Waals surface area contributed by atoms with Crippen molar-refractivity contribution in [3.63, 3.8) is 0 Å². The molecule has 6 nitrogen and oxygen atoms in total. The maximum Gasteiger partial charge on any atom is 0.326 e. The average Bonchev–Trinajstić information content (AvgIpc) is 2.65. The zero-order valence-electron chi connectivity index (χ0n) is 15.2. The summed E-state index contributed by atoms with van der Waals surface area (Å²) in [5.74, 6) is -1.06. The summed E-state index contributed by atoms with van der Waals surface area (Å²) >= 11 is 11.7. The van der Waals surface area contributed by atoms with E-state index in [0.29, 0.717) is 17.5 Å². The summed E-state index contributed by atoms with van der Waals surface area (Å²) in [4.78, 5) is 36.0. The highest BCUT2D eigenvalue weighted by atomic mass is 35.5. The fraction of sp³-hybridized carbons (Fsp3) is 0.526. The van der Waals surface area contributed by atoms with Gasteiger partial charge in [-0.3, -0.25) is 14.4 Å². The SMILES string of the molecule is C[C@@H](OC(=O)CNC(=O)c1ccc(Cl)cc1Cl)C(=O)NCC1CCCCC1. The van der Waals surface area contributed by atoms with Gasteiger partial charge in [-0.15, -0.1) is 0 Å². The average molecular weight is 415 g/mol. The zero-order valence-corrected chi connectivity index (χ0v) is 16.7. The molecule has 1 atom stereocenters. The number of rotatable bonds is 7. The minimum Gasteiger partial charge on any atom is -0.451 e. The summed E-state index contributed by atoms with van der Waals surface area (Å²) in [5.41, 5.74) is 0.201. The summed E-state index contributed by atoms with van der Waals surface area (Å²) in [6.07, 6.45) is 4.97. The van der Waals surface area contributed by atoms with Crippen molar-refractivity contribution in [2.45, 2.75) is 45.1 Å². The Morgan fingerprint density at radius 2 is 1.85 bits per heavy atom. The topological polar surface area (TPSA) is 84.5 Å². The second kappa shape index (κ2) is 10.5. The minimum atomic E-state index is -0.919. The van der Waals surface area contributed by atoms with Crippen molar-refractivity contribution in [3.05, 3.63) is 33.8 Å². The summed E-state index contributed by atoms with van der Waals surface area (Å²) in [6.45, 7) is 1.75. The van der Waals surface area contributed by atoms with Gasteiger partial charge in [0.15, 0.2) is 6.10 Å². The molecule has 0 aliphatic heterocycles. The molecule has 1 fully saturated rings. The molecule has 0 spiro atoms. The van der Waals surface area contributed by atoms with Gasteiger partial charge >= 0.3 is 5.97 Å². The van der Waals surface area contributed by atoms with Crippen LogP contribution >= 0.6 is 23.2 Å². The quantitative estimate of drug-likeness (QED) is 0.669. The van der Waals surface area contributed by atoms with Gasteiger partial charge in [0.05, 0.1) is 10.6 Å². The Balaban J connectivity index is 1.72. The van der Waals surface area contributed by atoms with Crippen molar-refractivity contribution < 1.29 is 19.1 Å². The van der Waals surface area contributed by atoms with E-state index in [1.54, 1.807) is 0 Å². The van der Waals surface area contributed by atoms with Gasteiger partial charge in [0.25, 0.3) is 11.8 Å². The molecule has 1 aromatic carbocycles. The number of nitrogens with one attached hydrogen (secondary N) is 2. The van der Waals surface area contributed by atoms with Crippen LogP contribution < -0.4 is 10.6 Å². The molecule has 0 heterocycles. The third-order valence-electron chi connectivity index (χ3n) is 4.54. The molecule has 148 valence electrons. The number of ether oxygens (including phenoxy) is 1. The Labute approximate surface area is 168 Å². The molecule has 0 saturated heterocycles. The first-order chi connectivity index (χ1) is 12.9. The number of halogens is 2. The summed E-state index contributed by atoms with van der Waals surface area (Å²) in [5, 5.41) is 5.83. The molecule has 27 heavy (non-hydrogen) atoms. The molecule has 2 amide bonds. The molecule has 0 aromatic heterocycles. The maximum absolute atomic E-state index is 12.1. The summed E-state index contributed by atoms with van der Waals surface area (Å²) in [6, 6.07) is 4.43. The van der Waals surface area contributed by atoms with E-state index in [-0.39, 0.29) is 23.0 Å². The standard InChI is InChI=1S/C19H24Cl2N2O4/c1-12(18(25)22-10-13-5-3-2-4-6-13)27-17(24)11-23-19(26)15-8-7-14(20)9-16(15)21/h7-9,12-13H,2-6,10-11H2,1H3,(H,22,25)(H,23,26)/t12-/m1/s1.